The summed E-state index contributed by atoms with van der Waals surface area (Å²) in [7, 11) is 1.54. The minimum atomic E-state index is -0.501. The molecule has 0 saturated heterocycles. The van der Waals surface area contributed by atoms with Crippen LogP contribution in [-0.2, 0) is 16.0 Å². The fraction of sp³-hybridized carbons (Fsp3) is 0.154. The molecule has 0 bridgehead atoms. The van der Waals surface area contributed by atoms with Gasteiger partial charge in [-0.1, -0.05) is 48.5 Å². The molecule has 1 N–H and O–H groups in total. The first-order chi connectivity index (χ1) is 16.7. The maximum atomic E-state index is 13.5. The predicted molar refractivity (Wildman–Crippen MR) is 126 cm³/mol. The molecule has 8 nitrogen and oxygen atoms in total. The summed E-state index contributed by atoms with van der Waals surface area (Å²) in [5.41, 5.74) is 5.62. The molecule has 34 heavy (non-hydrogen) atoms. The summed E-state index contributed by atoms with van der Waals surface area (Å²) in [5.74, 6) is -0.685. The Morgan fingerprint density at radius 1 is 1.00 bits per heavy atom. The standard InChI is InChI=1S/C26H22N4O4/c1-33-11-12-34-26(32)21-10-9-18(17-5-3-2-4-6-17)14-24(21)30-16-20-8-7-19(13-22(20)25(30)31)23-15-27-29-28-23/h2-10,13-15H,11-12,16H2,1H3,(H,27,28,29). The number of methoxy groups -OCH3 is 1. The van der Waals surface area contributed by atoms with Crippen molar-refractivity contribution in [1.29, 1.82) is 0 Å². The predicted octanol–water partition coefficient (Wildman–Crippen LogP) is 4.10. The number of aromatic nitrogens is 3. The number of nitrogens with one attached hydrogen (secondary N) is 1. The Morgan fingerprint density at radius 3 is 2.59 bits per heavy atom. The van der Waals surface area contributed by atoms with Crippen LogP contribution in [0.5, 0.6) is 0 Å². The number of aromatic amines is 1. The first-order valence-electron chi connectivity index (χ1n) is 10.8. The lowest BCUT2D eigenvalue weighted by molar-refractivity contribution is 0.0389. The molecule has 170 valence electrons. The summed E-state index contributed by atoms with van der Waals surface area (Å²) in [4.78, 5) is 28.0. The molecule has 5 rings (SSSR count). The van der Waals surface area contributed by atoms with Crippen molar-refractivity contribution in [3.63, 3.8) is 0 Å². The highest BCUT2D eigenvalue weighted by Gasteiger charge is 2.32. The fourth-order valence-electron chi connectivity index (χ4n) is 4.03. The lowest BCUT2D eigenvalue weighted by Gasteiger charge is -2.20. The van der Waals surface area contributed by atoms with Gasteiger partial charge in [0, 0.05) is 18.2 Å². The number of esters is 1. The number of carbonyl (C=O) groups is 2. The van der Waals surface area contributed by atoms with E-state index in [1.807, 2.05) is 60.7 Å². The first-order valence-corrected chi connectivity index (χ1v) is 10.8. The van der Waals surface area contributed by atoms with E-state index < -0.39 is 5.97 Å². The quantitative estimate of drug-likeness (QED) is 0.334. The number of hydrogen-bond acceptors (Lipinski definition) is 6. The van der Waals surface area contributed by atoms with Gasteiger partial charge in [0.25, 0.3) is 5.91 Å². The normalized spacial score (nSPS) is 12.6. The van der Waals surface area contributed by atoms with Crippen LogP contribution in [0.4, 0.5) is 5.69 Å². The fourth-order valence-corrected chi connectivity index (χ4v) is 4.03. The van der Waals surface area contributed by atoms with Crippen LogP contribution in [0.1, 0.15) is 26.3 Å². The van der Waals surface area contributed by atoms with Crippen molar-refractivity contribution in [2.75, 3.05) is 25.2 Å². The number of ether oxygens (including phenoxy) is 2. The van der Waals surface area contributed by atoms with Crippen LogP contribution >= 0.6 is 0 Å². The van der Waals surface area contributed by atoms with Gasteiger partial charge in [-0.15, -0.1) is 0 Å². The number of nitrogens with zero attached hydrogens (tertiary/aromatic N) is 3. The van der Waals surface area contributed by atoms with E-state index in [1.54, 1.807) is 24.3 Å². The van der Waals surface area contributed by atoms with Gasteiger partial charge in [-0.3, -0.25) is 4.79 Å². The molecule has 0 fully saturated rings. The van der Waals surface area contributed by atoms with Crippen molar-refractivity contribution in [2.24, 2.45) is 0 Å². The molecule has 0 spiro atoms. The van der Waals surface area contributed by atoms with Gasteiger partial charge in [-0.25, -0.2) is 4.79 Å². The minimum absolute atomic E-state index is 0.129. The Hall–Kier alpha value is -4.30. The van der Waals surface area contributed by atoms with Crippen molar-refractivity contribution in [2.45, 2.75) is 6.54 Å². The van der Waals surface area contributed by atoms with E-state index in [4.69, 9.17) is 9.47 Å². The SMILES string of the molecule is COCCOC(=O)c1ccc(-c2ccccc2)cc1N1Cc2ccc(-c3cn[nH]n3)cc2C1=O. The van der Waals surface area contributed by atoms with Gasteiger partial charge >= 0.3 is 5.97 Å². The maximum absolute atomic E-state index is 13.5. The van der Waals surface area contributed by atoms with E-state index in [9.17, 15) is 9.59 Å². The highest BCUT2D eigenvalue weighted by Crippen LogP contribution is 2.35. The zero-order valence-corrected chi connectivity index (χ0v) is 18.5. The molecule has 0 unspecified atom stereocenters. The molecular weight excluding hydrogens is 432 g/mol. The van der Waals surface area contributed by atoms with E-state index in [0.29, 0.717) is 35.7 Å². The summed E-state index contributed by atoms with van der Waals surface area (Å²) < 4.78 is 10.4. The van der Waals surface area contributed by atoms with Gasteiger partial charge in [0.1, 0.15) is 12.3 Å². The lowest BCUT2D eigenvalue weighted by Crippen LogP contribution is -2.26. The number of carbonyl (C=O) groups excluding carboxylic acids is 2. The second kappa shape index (κ2) is 9.29. The Morgan fingerprint density at radius 2 is 1.82 bits per heavy atom. The smallest absolute Gasteiger partial charge is 0.340 e. The van der Waals surface area contributed by atoms with Crippen LogP contribution in [0.3, 0.4) is 0 Å². The highest BCUT2D eigenvalue weighted by atomic mass is 16.6. The molecule has 1 aliphatic heterocycles. The van der Waals surface area contributed by atoms with Crippen LogP contribution in [0.25, 0.3) is 22.4 Å². The van der Waals surface area contributed by atoms with Crippen molar-refractivity contribution in [3.8, 4) is 22.4 Å². The van der Waals surface area contributed by atoms with Crippen molar-refractivity contribution in [1.82, 2.24) is 15.4 Å². The molecule has 8 heteroatoms. The summed E-state index contributed by atoms with van der Waals surface area (Å²) >= 11 is 0. The van der Waals surface area contributed by atoms with Gasteiger partial charge in [-0.2, -0.15) is 15.4 Å². The zero-order chi connectivity index (χ0) is 23.5. The van der Waals surface area contributed by atoms with Crippen LogP contribution < -0.4 is 4.90 Å². The molecule has 0 aliphatic carbocycles. The molecule has 2 heterocycles. The van der Waals surface area contributed by atoms with Gasteiger partial charge in [0.2, 0.25) is 0 Å². The van der Waals surface area contributed by atoms with Crippen molar-refractivity contribution >= 4 is 17.6 Å². The number of rotatable bonds is 7. The number of anilines is 1. The minimum Gasteiger partial charge on any atom is -0.460 e. The Bertz CT molecular complexity index is 1340. The topological polar surface area (TPSA) is 97.4 Å². The van der Waals surface area contributed by atoms with E-state index in [2.05, 4.69) is 15.4 Å². The largest absolute Gasteiger partial charge is 0.460 e. The first kappa shape index (κ1) is 21.5. The molecule has 1 aliphatic rings. The molecule has 0 saturated carbocycles. The third-order valence-corrected chi connectivity index (χ3v) is 5.76. The summed E-state index contributed by atoms with van der Waals surface area (Å²) in [6.45, 7) is 0.774. The Labute approximate surface area is 196 Å². The average molecular weight is 454 g/mol. The lowest BCUT2D eigenvalue weighted by atomic mass is 10.0. The van der Waals surface area contributed by atoms with Crippen molar-refractivity contribution in [3.05, 3.63) is 89.6 Å². The third kappa shape index (κ3) is 4.06. The molecular formula is C26H22N4O4. The van der Waals surface area contributed by atoms with E-state index in [1.165, 1.54) is 0 Å². The molecule has 1 aromatic heterocycles. The highest BCUT2D eigenvalue weighted by molar-refractivity contribution is 6.13. The van der Waals surface area contributed by atoms with Crippen LogP contribution in [-0.4, -0.2) is 47.6 Å². The second-order valence-corrected chi connectivity index (χ2v) is 7.85. The third-order valence-electron chi connectivity index (χ3n) is 5.76. The molecule has 1 amide bonds. The number of fused-ring (bicyclic) bond motifs is 1. The molecule has 0 atom stereocenters. The van der Waals surface area contributed by atoms with Gasteiger partial charge < -0.3 is 14.4 Å². The van der Waals surface area contributed by atoms with E-state index >= 15 is 0 Å². The summed E-state index contributed by atoms with van der Waals surface area (Å²) in [5, 5.41) is 10.5. The molecule has 0 radical (unpaired) electrons. The summed E-state index contributed by atoms with van der Waals surface area (Å²) in [6, 6.07) is 20.9. The maximum Gasteiger partial charge on any atom is 0.340 e. The van der Waals surface area contributed by atoms with Gasteiger partial charge in [0.15, 0.2) is 0 Å². The van der Waals surface area contributed by atoms with Crippen LogP contribution in [0, 0.1) is 0 Å². The number of amides is 1. The molecule has 3 aromatic carbocycles. The van der Waals surface area contributed by atoms with E-state index in [-0.39, 0.29) is 12.5 Å². The average Bonchev–Trinajstić information content (AvgIpc) is 3.53. The molecule has 4 aromatic rings. The Balaban J connectivity index is 1.53. The number of benzene rings is 3. The van der Waals surface area contributed by atoms with E-state index in [0.717, 1.165) is 22.3 Å². The van der Waals surface area contributed by atoms with Crippen molar-refractivity contribution < 1.29 is 19.1 Å². The number of hydrogen-bond donors (Lipinski definition) is 1. The van der Waals surface area contributed by atoms with Crippen LogP contribution in [0.15, 0.2) is 72.9 Å². The van der Waals surface area contributed by atoms with Gasteiger partial charge in [0.05, 0.1) is 30.6 Å². The van der Waals surface area contributed by atoms with Gasteiger partial charge in [-0.05, 0) is 34.9 Å². The second-order valence-electron chi connectivity index (χ2n) is 7.85. The zero-order valence-electron chi connectivity index (χ0n) is 18.5. The summed E-state index contributed by atoms with van der Waals surface area (Å²) in [6.07, 6.45) is 1.61. The van der Waals surface area contributed by atoms with Crippen LogP contribution in [0.2, 0.25) is 0 Å². The number of H-pyrrole nitrogens is 1. The monoisotopic (exact) mass is 454 g/mol. The Kier molecular flexibility index (Phi) is 5.88.